The Morgan fingerprint density at radius 3 is 2.30 bits per heavy atom. The smallest absolute Gasteiger partial charge is 0.412 e. The van der Waals surface area contributed by atoms with E-state index < -0.39 is 23.3 Å². The number of nitrogens with one attached hydrogen (secondary N) is 1. The van der Waals surface area contributed by atoms with Crippen LogP contribution < -0.4 is 10.1 Å². The first-order valence-electron chi connectivity index (χ1n) is 7.07. The molecule has 0 bridgehead atoms. The van der Waals surface area contributed by atoms with Gasteiger partial charge in [-0.05, 0) is 39.3 Å². The lowest BCUT2D eigenvalue weighted by Gasteiger charge is -2.21. The molecule has 128 valence electrons. The van der Waals surface area contributed by atoms with E-state index in [4.69, 9.17) is 14.6 Å². The van der Waals surface area contributed by atoms with Crippen LogP contribution in [0.1, 0.15) is 33.3 Å². The Bertz CT molecular complexity index is 589. The van der Waals surface area contributed by atoms with E-state index in [1.807, 2.05) is 0 Å². The maximum Gasteiger partial charge on any atom is 0.412 e. The Labute approximate surface area is 135 Å². The lowest BCUT2D eigenvalue weighted by Crippen LogP contribution is -2.37. The molecule has 0 spiro atoms. The number of carboxylic acids is 1. The number of aliphatic carboxylic acids is 1. The van der Waals surface area contributed by atoms with Gasteiger partial charge in [-0.25, -0.2) is 9.59 Å². The number of carboxylic acid groups (broad SMARTS) is 1. The molecule has 23 heavy (non-hydrogen) atoms. The van der Waals surface area contributed by atoms with Crippen LogP contribution in [0.4, 0.5) is 10.5 Å². The summed E-state index contributed by atoms with van der Waals surface area (Å²) in [6, 6.07) is 4.71. The van der Waals surface area contributed by atoms with Gasteiger partial charge >= 0.3 is 12.1 Å². The summed E-state index contributed by atoms with van der Waals surface area (Å²) in [5.74, 6) is -0.962. The number of ether oxygens (including phenoxy) is 2. The first kappa shape index (κ1) is 18.8. The SMILES string of the molecule is COc1cc(NC(=O)OC(C)(C)C)ccc1CC(C)(O)C(=O)O. The van der Waals surface area contributed by atoms with Crippen molar-refractivity contribution in [1.29, 1.82) is 0 Å². The predicted octanol–water partition coefficient (Wildman–Crippen LogP) is 2.42. The van der Waals surface area contributed by atoms with E-state index in [2.05, 4.69) is 5.32 Å². The van der Waals surface area contributed by atoms with Crippen molar-refractivity contribution in [2.24, 2.45) is 0 Å². The highest BCUT2D eigenvalue weighted by molar-refractivity contribution is 5.85. The van der Waals surface area contributed by atoms with Crippen LogP contribution in [0.15, 0.2) is 18.2 Å². The van der Waals surface area contributed by atoms with E-state index in [0.717, 1.165) is 0 Å². The highest BCUT2D eigenvalue weighted by Gasteiger charge is 2.31. The van der Waals surface area contributed by atoms with Crippen LogP contribution in [0, 0.1) is 0 Å². The molecule has 3 N–H and O–H groups in total. The number of benzene rings is 1. The van der Waals surface area contributed by atoms with Gasteiger partial charge in [0.1, 0.15) is 11.4 Å². The van der Waals surface area contributed by atoms with Gasteiger partial charge in [-0.15, -0.1) is 0 Å². The number of anilines is 1. The molecule has 0 saturated heterocycles. The minimum absolute atomic E-state index is 0.127. The summed E-state index contributed by atoms with van der Waals surface area (Å²) < 4.78 is 10.3. The Balaban J connectivity index is 2.92. The van der Waals surface area contributed by atoms with Crippen LogP contribution in [0.25, 0.3) is 0 Å². The Morgan fingerprint density at radius 1 is 1.22 bits per heavy atom. The third-order valence-corrected chi connectivity index (χ3v) is 2.93. The second-order valence-corrected chi connectivity index (χ2v) is 6.41. The fourth-order valence-electron chi connectivity index (χ4n) is 1.84. The van der Waals surface area contributed by atoms with Gasteiger partial charge in [0, 0.05) is 18.2 Å². The molecular weight excluding hydrogens is 302 g/mol. The predicted molar refractivity (Wildman–Crippen MR) is 84.8 cm³/mol. The quantitative estimate of drug-likeness (QED) is 0.768. The van der Waals surface area contributed by atoms with Crippen molar-refractivity contribution in [3.8, 4) is 5.75 Å². The zero-order valence-electron chi connectivity index (χ0n) is 14.0. The lowest BCUT2D eigenvalue weighted by molar-refractivity contribution is -0.156. The molecule has 7 nitrogen and oxygen atoms in total. The van der Waals surface area contributed by atoms with Crippen LogP contribution in [0.5, 0.6) is 5.75 Å². The first-order chi connectivity index (χ1) is 10.4. The summed E-state index contributed by atoms with van der Waals surface area (Å²) in [5, 5.41) is 21.4. The van der Waals surface area contributed by atoms with Gasteiger partial charge in [0.2, 0.25) is 0 Å². The number of amides is 1. The van der Waals surface area contributed by atoms with Crippen molar-refractivity contribution in [2.45, 2.75) is 45.3 Å². The molecule has 1 rings (SSSR count). The number of methoxy groups -OCH3 is 1. The van der Waals surface area contributed by atoms with Gasteiger partial charge in [0.05, 0.1) is 7.11 Å². The first-order valence-corrected chi connectivity index (χ1v) is 7.07. The summed E-state index contributed by atoms with van der Waals surface area (Å²) in [4.78, 5) is 22.7. The molecule has 1 aromatic rings. The van der Waals surface area contributed by atoms with Crippen molar-refractivity contribution >= 4 is 17.7 Å². The molecule has 0 saturated carbocycles. The summed E-state index contributed by atoms with van der Waals surface area (Å²) in [6.07, 6.45) is -0.733. The minimum atomic E-state index is -1.91. The molecule has 0 aliphatic heterocycles. The largest absolute Gasteiger partial charge is 0.496 e. The second-order valence-electron chi connectivity index (χ2n) is 6.41. The summed E-state index contributed by atoms with van der Waals surface area (Å²) in [6.45, 7) is 6.47. The maximum atomic E-state index is 11.7. The third-order valence-electron chi connectivity index (χ3n) is 2.93. The molecular formula is C16H23NO6. The van der Waals surface area contributed by atoms with E-state index in [9.17, 15) is 14.7 Å². The number of rotatable bonds is 5. The third kappa shape index (κ3) is 5.78. The minimum Gasteiger partial charge on any atom is -0.496 e. The number of carbonyl (C=O) groups excluding carboxylic acids is 1. The van der Waals surface area contributed by atoms with Crippen LogP contribution in [0.2, 0.25) is 0 Å². The number of hydrogen-bond donors (Lipinski definition) is 3. The standard InChI is InChI=1S/C16H23NO6/c1-15(2,3)23-14(20)17-11-7-6-10(12(8-11)22-5)9-16(4,21)13(18)19/h6-8,21H,9H2,1-5H3,(H,17,20)(H,18,19). The van der Waals surface area contributed by atoms with E-state index in [1.54, 1.807) is 32.9 Å². The summed E-state index contributed by atoms with van der Waals surface area (Å²) in [5.41, 5.74) is -1.58. The molecule has 1 atom stereocenters. The fraction of sp³-hybridized carbons (Fsp3) is 0.500. The van der Waals surface area contributed by atoms with Crippen LogP contribution in [0.3, 0.4) is 0 Å². The molecule has 0 heterocycles. The Morgan fingerprint density at radius 2 is 1.83 bits per heavy atom. The van der Waals surface area contributed by atoms with Gasteiger partial charge in [0.25, 0.3) is 0 Å². The second kappa shape index (κ2) is 6.87. The van der Waals surface area contributed by atoms with Gasteiger partial charge in [-0.3, -0.25) is 5.32 Å². The van der Waals surface area contributed by atoms with Crippen molar-refractivity contribution in [3.05, 3.63) is 23.8 Å². The number of aliphatic hydroxyl groups is 1. The fourth-order valence-corrected chi connectivity index (χ4v) is 1.84. The van der Waals surface area contributed by atoms with Crippen molar-refractivity contribution < 1.29 is 29.3 Å². The van der Waals surface area contributed by atoms with Crippen LogP contribution in [-0.2, 0) is 16.0 Å². The summed E-state index contributed by atoms with van der Waals surface area (Å²) in [7, 11) is 1.42. The zero-order valence-corrected chi connectivity index (χ0v) is 14.0. The molecule has 7 heteroatoms. The van der Waals surface area contributed by atoms with E-state index in [0.29, 0.717) is 17.0 Å². The van der Waals surface area contributed by atoms with Gasteiger partial charge in [-0.2, -0.15) is 0 Å². The van der Waals surface area contributed by atoms with Gasteiger partial charge in [-0.1, -0.05) is 6.07 Å². The highest BCUT2D eigenvalue weighted by atomic mass is 16.6. The molecule has 1 amide bonds. The van der Waals surface area contributed by atoms with Crippen LogP contribution >= 0.6 is 0 Å². The molecule has 0 fully saturated rings. The van der Waals surface area contributed by atoms with E-state index >= 15 is 0 Å². The van der Waals surface area contributed by atoms with Crippen molar-refractivity contribution in [1.82, 2.24) is 0 Å². The monoisotopic (exact) mass is 325 g/mol. The molecule has 0 aromatic heterocycles. The maximum absolute atomic E-state index is 11.7. The highest BCUT2D eigenvalue weighted by Crippen LogP contribution is 2.27. The average Bonchev–Trinajstić information content (AvgIpc) is 2.37. The molecule has 0 radical (unpaired) electrons. The average molecular weight is 325 g/mol. The number of hydrogen-bond acceptors (Lipinski definition) is 5. The number of carbonyl (C=O) groups is 2. The lowest BCUT2D eigenvalue weighted by atomic mass is 9.96. The van der Waals surface area contributed by atoms with Crippen molar-refractivity contribution in [2.75, 3.05) is 12.4 Å². The van der Waals surface area contributed by atoms with Crippen molar-refractivity contribution in [3.63, 3.8) is 0 Å². The normalized spacial score (nSPS) is 13.8. The molecule has 0 aliphatic rings. The summed E-state index contributed by atoms with van der Waals surface area (Å²) >= 11 is 0. The van der Waals surface area contributed by atoms with Gasteiger partial charge in [0.15, 0.2) is 5.60 Å². The van der Waals surface area contributed by atoms with E-state index in [-0.39, 0.29) is 6.42 Å². The van der Waals surface area contributed by atoms with E-state index in [1.165, 1.54) is 20.1 Å². The topological polar surface area (TPSA) is 105 Å². The molecule has 1 unspecified atom stereocenters. The Kier molecular flexibility index (Phi) is 5.60. The van der Waals surface area contributed by atoms with Gasteiger partial charge < -0.3 is 19.7 Å². The molecule has 0 aliphatic carbocycles. The molecule has 1 aromatic carbocycles. The Hall–Kier alpha value is -2.28. The van der Waals surface area contributed by atoms with Crippen LogP contribution in [-0.4, -0.2) is 40.6 Å². The zero-order chi connectivity index (χ0) is 17.8.